The van der Waals surface area contributed by atoms with Crippen molar-refractivity contribution in [3.8, 4) is 0 Å². The minimum atomic E-state index is -1.06. The quantitative estimate of drug-likeness (QED) is 0.563. The number of nitrogens with zero attached hydrogens (tertiary/aromatic N) is 1. The van der Waals surface area contributed by atoms with Gasteiger partial charge in [0, 0.05) is 25.5 Å². The van der Waals surface area contributed by atoms with Crippen LogP contribution < -0.4 is 11.1 Å². The van der Waals surface area contributed by atoms with Crippen LogP contribution in [0.15, 0.2) is 5.38 Å². The molecule has 0 saturated heterocycles. The number of hydrogen-bond donors (Lipinski definition) is 3. The van der Waals surface area contributed by atoms with Crippen LogP contribution >= 0.6 is 11.3 Å². The highest BCUT2D eigenvalue weighted by molar-refractivity contribution is 7.09. The highest BCUT2D eigenvalue weighted by Gasteiger charge is 2.21. The van der Waals surface area contributed by atoms with E-state index in [4.69, 9.17) is 15.6 Å². The molecule has 0 spiro atoms. The van der Waals surface area contributed by atoms with Crippen LogP contribution in [-0.4, -0.2) is 48.3 Å². The van der Waals surface area contributed by atoms with Crippen LogP contribution in [0.5, 0.6) is 0 Å². The van der Waals surface area contributed by atoms with Crippen molar-refractivity contribution in [3.63, 3.8) is 0 Å². The molecule has 1 aromatic heterocycles. The van der Waals surface area contributed by atoms with Gasteiger partial charge in [-0.25, -0.2) is 9.78 Å². The topological polar surface area (TPSA) is 115 Å². The molecular weight excluding hydrogens is 282 g/mol. The zero-order chi connectivity index (χ0) is 15.0. The molecule has 0 fully saturated rings. The summed E-state index contributed by atoms with van der Waals surface area (Å²) >= 11 is 1.34. The number of ether oxygens (including phenoxy) is 1. The van der Waals surface area contributed by atoms with E-state index in [0.29, 0.717) is 32.4 Å². The molecule has 112 valence electrons. The molecule has 0 radical (unpaired) electrons. The Hall–Kier alpha value is -1.51. The number of amides is 1. The number of carbonyl (C=O) groups excluding carboxylic acids is 1. The number of rotatable bonds is 9. The third kappa shape index (κ3) is 5.24. The monoisotopic (exact) mass is 301 g/mol. The predicted octanol–water partition coefficient (Wildman–Crippen LogP) is 0.254. The summed E-state index contributed by atoms with van der Waals surface area (Å²) in [6.45, 7) is 0.917. The lowest BCUT2D eigenvalue weighted by Crippen LogP contribution is -2.41. The number of thiazole rings is 1. The predicted molar refractivity (Wildman–Crippen MR) is 74.9 cm³/mol. The number of hydrogen-bond acceptors (Lipinski definition) is 6. The maximum Gasteiger partial charge on any atom is 0.326 e. The molecule has 0 saturated carbocycles. The van der Waals surface area contributed by atoms with Gasteiger partial charge in [-0.05, 0) is 19.4 Å². The fourth-order valence-corrected chi connectivity index (χ4v) is 2.37. The summed E-state index contributed by atoms with van der Waals surface area (Å²) in [7, 11) is 1.54. The van der Waals surface area contributed by atoms with E-state index in [9.17, 15) is 9.59 Å². The first-order valence-corrected chi connectivity index (χ1v) is 7.13. The van der Waals surface area contributed by atoms with Gasteiger partial charge >= 0.3 is 5.97 Å². The molecule has 1 unspecified atom stereocenters. The Morgan fingerprint density at radius 1 is 1.60 bits per heavy atom. The van der Waals surface area contributed by atoms with Crippen LogP contribution in [0.4, 0.5) is 0 Å². The lowest BCUT2D eigenvalue weighted by molar-refractivity contribution is -0.139. The number of aromatic nitrogens is 1. The van der Waals surface area contributed by atoms with E-state index < -0.39 is 17.9 Å². The second-order valence-electron chi connectivity index (χ2n) is 4.16. The van der Waals surface area contributed by atoms with Crippen LogP contribution in [0.3, 0.4) is 0 Å². The molecular formula is C12H19N3O4S. The molecule has 0 aliphatic rings. The molecule has 4 N–H and O–H groups in total. The molecule has 1 heterocycles. The van der Waals surface area contributed by atoms with E-state index in [-0.39, 0.29) is 5.69 Å². The Labute approximate surface area is 121 Å². The van der Waals surface area contributed by atoms with Crippen molar-refractivity contribution in [1.82, 2.24) is 10.3 Å². The molecule has 20 heavy (non-hydrogen) atoms. The Morgan fingerprint density at radius 3 is 2.95 bits per heavy atom. The summed E-state index contributed by atoms with van der Waals surface area (Å²) < 4.78 is 4.86. The normalized spacial score (nSPS) is 12.1. The zero-order valence-corrected chi connectivity index (χ0v) is 12.1. The number of methoxy groups -OCH3 is 1. The van der Waals surface area contributed by atoms with Crippen molar-refractivity contribution < 1.29 is 19.4 Å². The van der Waals surface area contributed by atoms with Crippen LogP contribution in [0.25, 0.3) is 0 Å². The van der Waals surface area contributed by atoms with Gasteiger partial charge in [-0.15, -0.1) is 11.3 Å². The third-order valence-electron chi connectivity index (χ3n) is 2.59. The van der Waals surface area contributed by atoms with Gasteiger partial charge in [-0.1, -0.05) is 0 Å². The highest BCUT2D eigenvalue weighted by Crippen LogP contribution is 2.10. The average molecular weight is 301 g/mol. The SMILES string of the molecule is COCCCC(NC(=O)c1csc(CCN)n1)C(=O)O. The molecule has 1 aromatic rings. The number of nitrogens with one attached hydrogen (secondary N) is 1. The fourth-order valence-electron chi connectivity index (χ4n) is 1.57. The van der Waals surface area contributed by atoms with Crippen molar-refractivity contribution in [2.45, 2.75) is 25.3 Å². The molecule has 1 rings (SSSR count). The molecule has 1 atom stereocenters. The molecule has 8 heteroatoms. The van der Waals surface area contributed by atoms with Crippen molar-refractivity contribution in [2.24, 2.45) is 5.73 Å². The van der Waals surface area contributed by atoms with Gasteiger partial charge in [-0.2, -0.15) is 0 Å². The first kappa shape index (κ1) is 16.5. The summed E-state index contributed by atoms with van der Waals surface area (Å²) in [5, 5.41) is 13.9. The Bertz CT molecular complexity index is 450. The molecule has 7 nitrogen and oxygen atoms in total. The van der Waals surface area contributed by atoms with E-state index >= 15 is 0 Å². The lowest BCUT2D eigenvalue weighted by Gasteiger charge is -2.13. The second kappa shape index (κ2) is 8.62. The van der Waals surface area contributed by atoms with Crippen molar-refractivity contribution in [3.05, 3.63) is 16.1 Å². The van der Waals surface area contributed by atoms with Crippen LogP contribution in [0.1, 0.15) is 28.3 Å². The van der Waals surface area contributed by atoms with Crippen molar-refractivity contribution in [2.75, 3.05) is 20.3 Å². The Balaban J connectivity index is 2.57. The van der Waals surface area contributed by atoms with Crippen LogP contribution in [-0.2, 0) is 16.0 Å². The van der Waals surface area contributed by atoms with E-state index in [1.165, 1.54) is 11.3 Å². The van der Waals surface area contributed by atoms with Gasteiger partial charge in [-0.3, -0.25) is 4.79 Å². The molecule has 0 aliphatic carbocycles. The second-order valence-corrected chi connectivity index (χ2v) is 5.11. The number of nitrogens with two attached hydrogens (primary N) is 1. The van der Waals surface area contributed by atoms with E-state index in [0.717, 1.165) is 5.01 Å². The maximum atomic E-state index is 11.9. The molecule has 1 amide bonds. The van der Waals surface area contributed by atoms with Gasteiger partial charge < -0.3 is 20.9 Å². The first-order valence-electron chi connectivity index (χ1n) is 6.25. The number of carboxylic acids is 1. The van der Waals surface area contributed by atoms with E-state index in [1.54, 1.807) is 12.5 Å². The summed E-state index contributed by atoms with van der Waals surface area (Å²) in [4.78, 5) is 27.1. The van der Waals surface area contributed by atoms with E-state index in [1.807, 2.05) is 0 Å². The smallest absolute Gasteiger partial charge is 0.326 e. The highest BCUT2D eigenvalue weighted by atomic mass is 32.1. The van der Waals surface area contributed by atoms with Crippen molar-refractivity contribution >= 4 is 23.2 Å². The zero-order valence-electron chi connectivity index (χ0n) is 11.3. The van der Waals surface area contributed by atoms with Gasteiger partial charge in [0.2, 0.25) is 0 Å². The van der Waals surface area contributed by atoms with Crippen LogP contribution in [0, 0.1) is 0 Å². The minimum absolute atomic E-state index is 0.233. The third-order valence-corrected chi connectivity index (χ3v) is 3.50. The maximum absolute atomic E-state index is 11.9. The summed E-state index contributed by atoms with van der Waals surface area (Å²) in [6, 6.07) is -0.933. The Kier molecular flexibility index (Phi) is 7.13. The lowest BCUT2D eigenvalue weighted by atomic mass is 10.1. The number of aliphatic carboxylic acids is 1. The Morgan fingerprint density at radius 2 is 2.35 bits per heavy atom. The summed E-state index contributed by atoms with van der Waals surface area (Å²) in [5.74, 6) is -1.54. The molecule has 0 bridgehead atoms. The minimum Gasteiger partial charge on any atom is -0.480 e. The van der Waals surface area contributed by atoms with Gasteiger partial charge in [0.1, 0.15) is 11.7 Å². The van der Waals surface area contributed by atoms with Crippen LogP contribution in [0.2, 0.25) is 0 Å². The summed E-state index contributed by atoms with van der Waals surface area (Å²) in [5.41, 5.74) is 5.64. The van der Waals surface area contributed by atoms with Gasteiger partial charge in [0.05, 0.1) is 5.01 Å². The fraction of sp³-hybridized carbons (Fsp3) is 0.583. The van der Waals surface area contributed by atoms with Crippen molar-refractivity contribution in [1.29, 1.82) is 0 Å². The standard InChI is InChI=1S/C12H19N3O4S/c1-19-6-2-3-8(12(17)18)15-11(16)9-7-20-10(14-9)4-5-13/h7-8H,2-6,13H2,1H3,(H,15,16)(H,17,18). The molecule has 0 aromatic carbocycles. The van der Waals surface area contributed by atoms with E-state index in [2.05, 4.69) is 10.3 Å². The average Bonchev–Trinajstić information content (AvgIpc) is 2.86. The largest absolute Gasteiger partial charge is 0.480 e. The molecule has 0 aliphatic heterocycles. The summed E-state index contributed by atoms with van der Waals surface area (Å²) in [6.07, 6.45) is 1.48. The van der Waals surface area contributed by atoms with Gasteiger partial charge in [0.15, 0.2) is 0 Å². The number of carboxylic acid groups (broad SMARTS) is 1. The first-order chi connectivity index (χ1) is 9.58. The number of carbonyl (C=O) groups is 2. The van der Waals surface area contributed by atoms with Gasteiger partial charge in [0.25, 0.3) is 5.91 Å².